The second-order valence-electron chi connectivity index (χ2n) is 23.8. The number of anilines is 6. The van der Waals surface area contributed by atoms with Crippen molar-refractivity contribution in [1.29, 1.82) is 0 Å². The fourth-order valence-corrected chi connectivity index (χ4v) is 15.6. The van der Waals surface area contributed by atoms with Crippen LogP contribution in [-0.4, -0.2) is 8.80 Å². The van der Waals surface area contributed by atoms with Gasteiger partial charge >= 0.3 is 0 Å². The molecule has 0 amide bonds. The van der Waals surface area contributed by atoms with Crippen LogP contribution >= 0.6 is 0 Å². The standard InChI is InChI=1S/C82H46N4O4/c1-3-17-47(18-4-1)49-35-39-71-59(41-43-87-71)77(49)85(67-29-15-25-55-51-21-9-13-31-73(51)89-81(55)67)65-37-33-53-61-45-70-62(46-69(61)83-63-27-11-7-23-57(63)75(65)79(53)83)54-34-38-66(76-58-24-8-12-28-64(58)84(70)80(54)76)86(68-30-16-26-56-52-22-10-14-32-74(52)90-82(56)68)78-50(48-19-5-2-6-20-48)36-40-72-60(78)42-44-88-72/h1-46H. The molecule has 21 rings (SSSR count). The van der Waals surface area contributed by atoms with Crippen molar-refractivity contribution in [1.82, 2.24) is 8.80 Å². The molecule has 90 heavy (non-hydrogen) atoms. The number of hydrogen-bond donors (Lipinski definition) is 0. The van der Waals surface area contributed by atoms with Gasteiger partial charge in [0.05, 0.1) is 79.8 Å². The van der Waals surface area contributed by atoms with Crippen LogP contribution in [-0.2, 0) is 0 Å². The van der Waals surface area contributed by atoms with Gasteiger partial charge in [0, 0.05) is 86.5 Å². The van der Waals surface area contributed by atoms with E-state index >= 15 is 0 Å². The molecule has 8 nitrogen and oxygen atoms in total. The Kier molecular flexibility index (Phi) is 9.42. The maximum absolute atomic E-state index is 7.01. The van der Waals surface area contributed by atoms with Crippen LogP contribution in [0.5, 0.6) is 0 Å². The van der Waals surface area contributed by atoms with E-state index < -0.39 is 0 Å². The van der Waals surface area contributed by atoms with Crippen LogP contribution < -0.4 is 9.80 Å². The molecule has 0 aliphatic carbocycles. The molecule has 13 aromatic carbocycles. The van der Waals surface area contributed by atoms with Gasteiger partial charge in [0.1, 0.15) is 22.3 Å². The van der Waals surface area contributed by atoms with Crippen molar-refractivity contribution in [2.45, 2.75) is 0 Å². The Hall–Kier alpha value is -12.3. The zero-order valence-electron chi connectivity index (χ0n) is 48.0. The zero-order chi connectivity index (χ0) is 58.4. The molecule has 0 saturated heterocycles. The van der Waals surface area contributed by atoms with Gasteiger partial charge in [-0.15, -0.1) is 0 Å². The van der Waals surface area contributed by atoms with Crippen LogP contribution in [0.1, 0.15) is 0 Å². The van der Waals surface area contributed by atoms with Crippen molar-refractivity contribution in [2.75, 3.05) is 9.80 Å². The summed E-state index contributed by atoms with van der Waals surface area (Å²) in [5, 5.41) is 15.6. The van der Waals surface area contributed by atoms with E-state index in [1.54, 1.807) is 12.5 Å². The van der Waals surface area contributed by atoms with Crippen LogP contribution in [0.4, 0.5) is 34.1 Å². The molecule has 8 aromatic heterocycles. The highest BCUT2D eigenvalue weighted by atomic mass is 16.3. The van der Waals surface area contributed by atoms with Gasteiger partial charge < -0.3 is 36.3 Å². The first-order chi connectivity index (χ1) is 44.7. The van der Waals surface area contributed by atoms with Gasteiger partial charge in [-0.05, 0) is 108 Å². The van der Waals surface area contributed by atoms with Gasteiger partial charge in [0.25, 0.3) is 0 Å². The van der Waals surface area contributed by atoms with Crippen molar-refractivity contribution in [2.24, 2.45) is 0 Å². The SMILES string of the molecule is c1ccc(-c2ccc3occc3c2N(c2cccc3c2oc2ccccc23)c2ccc3c4cc5c(cc4n4c6ccccc6c2c34)c2ccc(N(c3c(-c4ccccc4)ccc4occc34)c3cccc4c3oc3ccccc34)c3c4ccccc4n5c23)cc1. The van der Waals surface area contributed by atoms with E-state index in [9.17, 15) is 0 Å². The molecule has 0 unspecified atom stereocenters. The molecule has 0 atom stereocenters. The molecule has 8 heterocycles. The first-order valence-electron chi connectivity index (χ1n) is 30.5. The van der Waals surface area contributed by atoms with E-state index in [4.69, 9.17) is 17.7 Å². The van der Waals surface area contributed by atoms with Gasteiger partial charge in [-0.25, -0.2) is 0 Å². The maximum atomic E-state index is 7.01. The van der Waals surface area contributed by atoms with Crippen LogP contribution in [0.2, 0.25) is 0 Å². The molecule has 0 saturated carbocycles. The number of fused-ring (bicyclic) bond motifs is 20. The lowest BCUT2D eigenvalue weighted by Gasteiger charge is -2.29. The Morgan fingerprint density at radius 3 is 1.13 bits per heavy atom. The summed E-state index contributed by atoms with van der Waals surface area (Å²) in [5.41, 5.74) is 22.1. The highest BCUT2D eigenvalue weighted by Crippen LogP contribution is 2.56. The van der Waals surface area contributed by atoms with E-state index in [2.05, 4.69) is 273 Å². The van der Waals surface area contributed by atoms with Crippen LogP contribution in [0.15, 0.2) is 297 Å². The molecule has 418 valence electrons. The number of benzene rings is 13. The Labute approximate surface area is 511 Å². The van der Waals surface area contributed by atoms with Crippen molar-refractivity contribution < 1.29 is 17.7 Å². The summed E-state index contributed by atoms with van der Waals surface area (Å²) in [7, 11) is 0. The first-order valence-corrected chi connectivity index (χ1v) is 30.5. The molecule has 0 fully saturated rings. The number of rotatable bonds is 8. The minimum atomic E-state index is 0.801. The summed E-state index contributed by atoms with van der Waals surface area (Å²) in [6, 6.07) is 96.2. The van der Waals surface area contributed by atoms with E-state index in [1.807, 2.05) is 12.1 Å². The van der Waals surface area contributed by atoms with Crippen molar-refractivity contribution in [3.8, 4) is 22.3 Å². The smallest absolute Gasteiger partial charge is 0.159 e. The lowest BCUT2D eigenvalue weighted by atomic mass is 9.97. The summed E-state index contributed by atoms with van der Waals surface area (Å²) in [5.74, 6) is 0. The lowest BCUT2D eigenvalue weighted by molar-refractivity contribution is 0.615. The third kappa shape index (κ3) is 6.27. The summed E-state index contributed by atoms with van der Waals surface area (Å²) >= 11 is 0. The van der Waals surface area contributed by atoms with Crippen molar-refractivity contribution in [3.63, 3.8) is 0 Å². The Morgan fingerprint density at radius 2 is 0.667 bits per heavy atom. The Balaban J connectivity index is 0.861. The monoisotopic (exact) mass is 1150 g/mol. The highest BCUT2D eigenvalue weighted by molar-refractivity contribution is 6.33. The average molecular weight is 1150 g/mol. The number of aromatic nitrogens is 2. The molecule has 0 spiro atoms. The van der Waals surface area contributed by atoms with Gasteiger partial charge in [-0.2, -0.15) is 0 Å². The van der Waals surface area contributed by atoms with E-state index in [1.165, 1.54) is 21.5 Å². The van der Waals surface area contributed by atoms with Gasteiger partial charge in [0.15, 0.2) is 11.2 Å². The Bertz CT molecular complexity index is 6160. The molecule has 21 aromatic rings. The number of furan rings is 4. The average Bonchev–Trinajstić information content (AvgIpc) is 1.51. The van der Waals surface area contributed by atoms with Crippen molar-refractivity contribution >= 4 is 176 Å². The molecule has 0 radical (unpaired) electrons. The topological polar surface area (TPSA) is 67.9 Å². The summed E-state index contributed by atoms with van der Waals surface area (Å²) in [6.45, 7) is 0. The fourth-order valence-electron chi connectivity index (χ4n) is 15.6. The highest BCUT2D eigenvalue weighted by Gasteiger charge is 2.33. The van der Waals surface area contributed by atoms with Gasteiger partial charge in [-0.1, -0.05) is 170 Å². The molecule has 0 N–H and O–H groups in total. The zero-order valence-corrected chi connectivity index (χ0v) is 48.0. The quantitative estimate of drug-likeness (QED) is 0.151. The molecular weight excluding hydrogens is 1100 g/mol. The van der Waals surface area contributed by atoms with Crippen LogP contribution in [0.3, 0.4) is 0 Å². The lowest BCUT2D eigenvalue weighted by Crippen LogP contribution is -2.12. The summed E-state index contributed by atoms with van der Waals surface area (Å²) in [6.07, 6.45) is 3.61. The molecule has 0 aliphatic heterocycles. The van der Waals surface area contributed by atoms with E-state index in [-0.39, 0.29) is 0 Å². The molecule has 0 aliphatic rings. The van der Waals surface area contributed by atoms with E-state index in [0.717, 1.165) is 177 Å². The van der Waals surface area contributed by atoms with E-state index in [0.29, 0.717) is 0 Å². The summed E-state index contributed by atoms with van der Waals surface area (Å²) in [4.78, 5) is 4.90. The van der Waals surface area contributed by atoms with Gasteiger partial charge in [0.2, 0.25) is 0 Å². The fraction of sp³-hybridized carbons (Fsp3) is 0. The largest absolute Gasteiger partial charge is 0.464 e. The van der Waals surface area contributed by atoms with Crippen LogP contribution in [0.25, 0.3) is 164 Å². The van der Waals surface area contributed by atoms with Crippen molar-refractivity contribution in [3.05, 3.63) is 279 Å². The van der Waals surface area contributed by atoms with Gasteiger partial charge in [-0.3, -0.25) is 0 Å². The summed E-state index contributed by atoms with van der Waals surface area (Å²) < 4.78 is 31.7. The predicted octanol–water partition coefficient (Wildman–Crippen LogP) is 23.6. The third-order valence-electron chi connectivity index (χ3n) is 19.3. The predicted molar refractivity (Wildman–Crippen MR) is 370 cm³/mol. The van der Waals surface area contributed by atoms with Crippen LogP contribution in [0, 0.1) is 0 Å². The second kappa shape index (κ2) is 17.7. The Morgan fingerprint density at radius 1 is 0.256 bits per heavy atom. The third-order valence-corrected chi connectivity index (χ3v) is 19.3. The first kappa shape index (κ1) is 47.9. The minimum Gasteiger partial charge on any atom is -0.464 e. The number of para-hydroxylation sites is 6. The number of nitrogens with zero attached hydrogens (tertiary/aromatic N) is 4. The molecule has 0 bridgehead atoms. The second-order valence-corrected chi connectivity index (χ2v) is 23.8. The number of hydrogen-bond acceptors (Lipinski definition) is 6. The molecule has 8 heteroatoms. The molecular formula is C82H46N4O4. The normalized spacial score (nSPS) is 12.4. The minimum absolute atomic E-state index is 0.801. The maximum Gasteiger partial charge on any atom is 0.159 e.